The maximum Gasteiger partial charge on any atom is 0.451 e. The van der Waals surface area contributed by atoms with E-state index in [2.05, 4.69) is 25.5 Å². The molecule has 0 radical (unpaired) electrons. The van der Waals surface area contributed by atoms with Crippen LogP contribution in [-0.2, 0) is 10.9 Å². The van der Waals surface area contributed by atoms with Gasteiger partial charge in [-0.3, -0.25) is 9.69 Å². The second-order valence-corrected chi connectivity index (χ2v) is 11.3. The van der Waals surface area contributed by atoms with Gasteiger partial charge in [0.25, 0.3) is 5.91 Å². The van der Waals surface area contributed by atoms with Crippen molar-refractivity contribution in [2.75, 3.05) is 50.8 Å². The lowest BCUT2D eigenvalue weighted by Crippen LogP contribution is -2.55. The van der Waals surface area contributed by atoms with E-state index in [-0.39, 0.29) is 18.0 Å². The molecule has 2 aromatic heterocycles. The van der Waals surface area contributed by atoms with Crippen LogP contribution in [0, 0.1) is 5.92 Å². The molecule has 13 heteroatoms. The summed E-state index contributed by atoms with van der Waals surface area (Å²) < 4.78 is 44.5. The number of piperidine rings is 1. The lowest BCUT2D eigenvalue weighted by atomic mass is 9.91. The molecule has 40 heavy (non-hydrogen) atoms. The van der Waals surface area contributed by atoms with Gasteiger partial charge in [0.15, 0.2) is 0 Å². The molecule has 4 aliphatic rings. The first kappa shape index (κ1) is 25.9. The Balaban J connectivity index is 1.12. The Morgan fingerprint density at radius 1 is 1.20 bits per heavy atom. The van der Waals surface area contributed by atoms with Gasteiger partial charge in [-0.05, 0) is 30.7 Å². The molecular formula is C27H27ClF3N7O2. The Morgan fingerprint density at radius 3 is 2.60 bits per heavy atom. The zero-order valence-corrected chi connectivity index (χ0v) is 22.2. The number of nitrogens with one attached hydrogen (secondary N) is 2. The van der Waals surface area contributed by atoms with Gasteiger partial charge in [0.2, 0.25) is 5.82 Å². The standard InChI is InChI=1S/C27H27ClF3N7O2/c28-18-2-3-19-17(1-4-22(36-19)38-14-16-12-35-26(16)9-21(26)38)23(18)24(39)32-13-20(37-5-7-40-8-6-37)15-10-33-25(34-11-15)27(29,30)31/h1-4,10-11,16,20-21,35H,5-9,12-14H2,(H,32,39)/t16-,20?,21+,26?/m0/s1. The van der Waals surface area contributed by atoms with Crippen LogP contribution in [0.3, 0.4) is 0 Å². The van der Waals surface area contributed by atoms with E-state index < -0.39 is 18.0 Å². The molecule has 3 aliphatic heterocycles. The Bertz CT molecular complexity index is 1470. The summed E-state index contributed by atoms with van der Waals surface area (Å²) in [4.78, 5) is 29.8. The third-order valence-electron chi connectivity index (χ3n) is 8.74. The van der Waals surface area contributed by atoms with Crippen molar-refractivity contribution in [1.29, 1.82) is 0 Å². The van der Waals surface area contributed by atoms with Crippen molar-refractivity contribution in [2.45, 2.75) is 30.2 Å². The smallest absolute Gasteiger partial charge is 0.379 e. The third kappa shape index (κ3) is 4.28. The summed E-state index contributed by atoms with van der Waals surface area (Å²) in [5.74, 6) is -0.0316. The van der Waals surface area contributed by atoms with Gasteiger partial charge in [-0.25, -0.2) is 15.0 Å². The number of anilines is 1. The maximum atomic E-state index is 13.5. The van der Waals surface area contributed by atoms with Crippen LogP contribution in [0.2, 0.25) is 5.02 Å². The van der Waals surface area contributed by atoms with E-state index in [4.69, 9.17) is 21.3 Å². The molecule has 2 N–H and O–H groups in total. The molecule has 4 fully saturated rings. The van der Waals surface area contributed by atoms with E-state index in [1.807, 2.05) is 23.1 Å². The average molecular weight is 574 g/mol. The lowest BCUT2D eigenvalue weighted by Gasteiger charge is -2.34. The number of carbonyl (C=O) groups is 1. The summed E-state index contributed by atoms with van der Waals surface area (Å²) >= 11 is 6.52. The largest absolute Gasteiger partial charge is 0.451 e. The number of hydrogen-bond donors (Lipinski definition) is 2. The second-order valence-electron chi connectivity index (χ2n) is 10.9. The summed E-state index contributed by atoms with van der Waals surface area (Å²) in [6.45, 7) is 4.21. The third-order valence-corrected chi connectivity index (χ3v) is 9.06. The van der Waals surface area contributed by atoms with Crippen LogP contribution in [0.1, 0.15) is 34.2 Å². The number of aromatic nitrogens is 3. The van der Waals surface area contributed by atoms with E-state index in [0.29, 0.717) is 65.3 Å². The van der Waals surface area contributed by atoms with Crippen molar-refractivity contribution in [3.8, 4) is 0 Å². The van der Waals surface area contributed by atoms with Crippen LogP contribution in [0.15, 0.2) is 36.7 Å². The van der Waals surface area contributed by atoms with Crippen LogP contribution >= 0.6 is 11.6 Å². The monoisotopic (exact) mass is 573 g/mol. The van der Waals surface area contributed by atoms with Gasteiger partial charge in [-0.1, -0.05) is 11.6 Å². The summed E-state index contributed by atoms with van der Waals surface area (Å²) in [5.41, 5.74) is 1.73. The number of morpholine rings is 1. The zero-order chi connectivity index (χ0) is 27.6. The van der Waals surface area contributed by atoms with E-state index in [9.17, 15) is 18.0 Å². The molecule has 210 valence electrons. The normalized spacial score (nSPS) is 26.6. The van der Waals surface area contributed by atoms with Crippen molar-refractivity contribution in [1.82, 2.24) is 30.5 Å². The van der Waals surface area contributed by atoms with Crippen LogP contribution in [0.5, 0.6) is 0 Å². The number of benzene rings is 1. The van der Waals surface area contributed by atoms with E-state index in [1.54, 1.807) is 6.07 Å². The molecule has 9 nitrogen and oxygen atoms in total. The van der Waals surface area contributed by atoms with E-state index >= 15 is 0 Å². The number of amides is 1. The minimum atomic E-state index is -4.63. The van der Waals surface area contributed by atoms with Crippen molar-refractivity contribution in [3.63, 3.8) is 0 Å². The van der Waals surface area contributed by atoms with E-state index in [0.717, 1.165) is 25.3 Å². The highest BCUT2D eigenvalue weighted by Crippen LogP contribution is 2.57. The molecule has 1 aliphatic carbocycles. The lowest BCUT2D eigenvalue weighted by molar-refractivity contribution is -0.145. The predicted octanol–water partition coefficient (Wildman–Crippen LogP) is 3.05. The molecule has 1 saturated carbocycles. The molecule has 1 amide bonds. The Hall–Kier alpha value is -3.06. The summed E-state index contributed by atoms with van der Waals surface area (Å²) in [7, 11) is 0. The quantitative estimate of drug-likeness (QED) is 0.465. The van der Waals surface area contributed by atoms with Gasteiger partial charge in [0, 0.05) is 67.5 Å². The number of pyridine rings is 1. The van der Waals surface area contributed by atoms with Gasteiger partial charge in [-0.15, -0.1) is 0 Å². The van der Waals surface area contributed by atoms with Crippen LogP contribution in [-0.4, -0.2) is 83.3 Å². The molecule has 1 aromatic carbocycles. The van der Waals surface area contributed by atoms with Crippen LogP contribution in [0.25, 0.3) is 10.9 Å². The highest BCUT2D eigenvalue weighted by molar-refractivity contribution is 6.35. The molecule has 4 atom stereocenters. The SMILES string of the molecule is O=C(NCC(c1cnc(C(F)(F)F)nc1)N1CCOCC1)c1c(Cl)ccc2nc(N3C[C@@H]4CNC45C[C@@H]35)ccc12. The van der Waals surface area contributed by atoms with Crippen LogP contribution < -0.4 is 15.5 Å². The highest BCUT2D eigenvalue weighted by atomic mass is 35.5. The number of rotatable bonds is 6. The molecule has 1 spiro atoms. The fourth-order valence-corrected chi connectivity index (χ4v) is 6.72. The van der Waals surface area contributed by atoms with Gasteiger partial charge in [0.05, 0.1) is 41.4 Å². The molecule has 0 bridgehead atoms. The number of hydrogen-bond acceptors (Lipinski definition) is 8. The first-order chi connectivity index (χ1) is 19.2. The van der Waals surface area contributed by atoms with Gasteiger partial charge < -0.3 is 20.3 Å². The summed E-state index contributed by atoms with van der Waals surface area (Å²) in [6.07, 6.45) is -1.16. The molecule has 5 heterocycles. The maximum absolute atomic E-state index is 13.5. The number of alkyl halides is 3. The van der Waals surface area contributed by atoms with Crippen molar-refractivity contribution < 1.29 is 22.7 Å². The minimum absolute atomic E-state index is 0.123. The highest BCUT2D eigenvalue weighted by Gasteiger charge is 2.71. The number of fused-ring (bicyclic) bond motifs is 1. The van der Waals surface area contributed by atoms with Crippen molar-refractivity contribution >= 4 is 34.2 Å². The second kappa shape index (κ2) is 9.51. The fourth-order valence-electron chi connectivity index (χ4n) is 6.47. The van der Waals surface area contributed by atoms with E-state index in [1.165, 1.54) is 12.4 Å². The van der Waals surface area contributed by atoms with Crippen molar-refractivity contribution in [3.05, 3.63) is 58.6 Å². The Morgan fingerprint density at radius 2 is 1.98 bits per heavy atom. The van der Waals surface area contributed by atoms with Crippen molar-refractivity contribution in [2.24, 2.45) is 5.92 Å². The summed E-state index contributed by atoms with van der Waals surface area (Å²) in [6, 6.07) is 7.36. The van der Waals surface area contributed by atoms with Crippen LogP contribution in [0.4, 0.5) is 19.0 Å². The molecule has 2 unspecified atom stereocenters. The topological polar surface area (TPSA) is 95.5 Å². The molecule has 7 rings (SSSR count). The first-order valence-electron chi connectivity index (χ1n) is 13.3. The first-order valence-corrected chi connectivity index (χ1v) is 13.7. The van der Waals surface area contributed by atoms with Gasteiger partial charge in [-0.2, -0.15) is 13.2 Å². The van der Waals surface area contributed by atoms with Gasteiger partial charge >= 0.3 is 6.18 Å². The zero-order valence-electron chi connectivity index (χ0n) is 21.4. The molecular weight excluding hydrogens is 547 g/mol. The number of halogens is 4. The summed E-state index contributed by atoms with van der Waals surface area (Å²) in [5, 5.41) is 7.47. The Kier molecular flexibility index (Phi) is 6.15. The number of carbonyl (C=O) groups excluding carboxylic acids is 1. The fraction of sp³-hybridized carbons (Fsp3) is 0.481. The minimum Gasteiger partial charge on any atom is -0.379 e. The number of nitrogens with zero attached hydrogens (tertiary/aromatic N) is 5. The van der Waals surface area contributed by atoms with Gasteiger partial charge in [0.1, 0.15) is 5.82 Å². The molecule has 3 saturated heterocycles. The predicted molar refractivity (Wildman–Crippen MR) is 141 cm³/mol. The number of ether oxygens (including phenoxy) is 1. The average Bonchev–Trinajstić information content (AvgIpc) is 3.67. The Labute approximate surface area is 233 Å². The molecule has 3 aromatic rings.